The van der Waals surface area contributed by atoms with Gasteiger partial charge in [-0.05, 0) is 19.9 Å². The third-order valence-corrected chi connectivity index (χ3v) is 4.78. The molecule has 2 rings (SSSR count). The molecule has 0 aliphatic carbocycles. The van der Waals surface area contributed by atoms with Crippen molar-refractivity contribution < 1.29 is 28.4 Å². The molecule has 0 radical (unpaired) electrons. The minimum atomic E-state index is -1.43. The monoisotopic (exact) mass is 288 g/mol. The Labute approximate surface area is 112 Å². The summed E-state index contributed by atoms with van der Waals surface area (Å²) in [5.41, 5.74) is 0.252. The standard InChI is InChI=1S/C12H16O6S/c1-3-17-12(15)7-4-9(18-6(7)2)11-10(14)8(13)5-19(11)16/h4,8,10-11,13-14H,3,5H2,1-2H3/t8-,10-,11-,19-/m1/s1. The van der Waals surface area contributed by atoms with Gasteiger partial charge in [-0.2, -0.15) is 0 Å². The summed E-state index contributed by atoms with van der Waals surface area (Å²) < 4.78 is 22.1. The fourth-order valence-corrected chi connectivity index (χ4v) is 3.69. The first-order valence-electron chi connectivity index (χ1n) is 5.96. The third-order valence-electron chi connectivity index (χ3n) is 3.04. The van der Waals surface area contributed by atoms with Crippen LogP contribution in [0.3, 0.4) is 0 Å². The van der Waals surface area contributed by atoms with Crippen molar-refractivity contribution in [2.24, 2.45) is 0 Å². The molecule has 0 amide bonds. The summed E-state index contributed by atoms with van der Waals surface area (Å²) in [6.45, 7) is 3.53. The lowest BCUT2D eigenvalue weighted by Gasteiger charge is -2.11. The molecule has 1 saturated heterocycles. The number of aliphatic hydroxyl groups excluding tert-OH is 2. The molecular weight excluding hydrogens is 272 g/mol. The summed E-state index contributed by atoms with van der Waals surface area (Å²) in [6, 6.07) is 1.43. The fraction of sp³-hybridized carbons (Fsp3) is 0.583. The molecule has 7 heteroatoms. The van der Waals surface area contributed by atoms with Crippen LogP contribution in [0.1, 0.15) is 34.1 Å². The molecule has 1 aliphatic rings. The Morgan fingerprint density at radius 1 is 1.58 bits per heavy atom. The number of furan rings is 1. The molecule has 1 aliphatic heterocycles. The van der Waals surface area contributed by atoms with Gasteiger partial charge in [-0.15, -0.1) is 0 Å². The zero-order valence-corrected chi connectivity index (χ0v) is 11.5. The van der Waals surface area contributed by atoms with Crippen molar-refractivity contribution in [1.29, 1.82) is 0 Å². The summed E-state index contributed by atoms with van der Waals surface area (Å²) in [5.74, 6) is 0.0659. The zero-order valence-electron chi connectivity index (χ0n) is 10.7. The van der Waals surface area contributed by atoms with Gasteiger partial charge in [-0.1, -0.05) is 0 Å². The van der Waals surface area contributed by atoms with E-state index < -0.39 is 34.2 Å². The molecule has 0 bridgehead atoms. The van der Waals surface area contributed by atoms with Crippen LogP contribution >= 0.6 is 0 Å². The molecule has 2 heterocycles. The average Bonchev–Trinajstić information content (AvgIpc) is 2.81. The Kier molecular flexibility index (Phi) is 4.07. The van der Waals surface area contributed by atoms with Crippen molar-refractivity contribution in [1.82, 2.24) is 0 Å². The second-order valence-corrected chi connectivity index (χ2v) is 5.97. The van der Waals surface area contributed by atoms with Crippen LogP contribution in [0.2, 0.25) is 0 Å². The quantitative estimate of drug-likeness (QED) is 0.776. The SMILES string of the molecule is CCOC(=O)c1cc([C@@H]2[C@H](O)[C@H](O)C[S@]2=O)oc1C. The molecule has 1 aromatic rings. The van der Waals surface area contributed by atoms with Gasteiger partial charge in [-0.3, -0.25) is 4.21 Å². The molecule has 0 spiro atoms. The van der Waals surface area contributed by atoms with Crippen molar-refractivity contribution in [2.45, 2.75) is 31.3 Å². The lowest BCUT2D eigenvalue weighted by molar-refractivity contribution is 0.0385. The van der Waals surface area contributed by atoms with Crippen LogP contribution in [0.25, 0.3) is 0 Å². The van der Waals surface area contributed by atoms with Gasteiger partial charge in [0.1, 0.15) is 28.4 Å². The van der Waals surface area contributed by atoms with E-state index in [0.29, 0.717) is 5.76 Å². The summed E-state index contributed by atoms with van der Waals surface area (Å²) in [6.07, 6.45) is -2.19. The Morgan fingerprint density at radius 2 is 2.26 bits per heavy atom. The molecule has 0 saturated carbocycles. The van der Waals surface area contributed by atoms with Crippen LogP contribution in [-0.2, 0) is 15.5 Å². The van der Waals surface area contributed by atoms with Crippen molar-refractivity contribution >= 4 is 16.8 Å². The highest BCUT2D eigenvalue weighted by molar-refractivity contribution is 7.85. The van der Waals surface area contributed by atoms with Crippen LogP contribution in [0.5, 0.6) is 0 Å². The maximum atomic E-state index is 11.8. The van der Waals surface area contributed by atoms with E-state index in [-0.39, 0.29) is 23.7 Å². The molecule has 6 nitrogen and oxygen atoms in total. The van der Waals surface area contributed by atoms with E-state index in [1.54, 1.807) is 13.8 Å². The van der Waals surface area contributed by atoms with Crippen LogP contribution in [0.15, 0.2) is 10.5 Å². The van der Waals surface area contributed by atoms with Crippen LogP contribution in [0, 0.1) is 6.92 Å². The van der Waals surface area contributed by atoms with Crippen molar-refractivity contribution in [3.8, 4) is 0 Å². The summed E-state index contributed by atoms with van der Waals surface area (Å²) in [4.78, 5) is 11.7. The number of carbonyl (C=O) groups is 1. The predicted molar refractivity (Wildman–Crippen MR) is 67.2 cm³/mol. The second kappa shape index (κ2) is 5.44. The van der Waals surface area contributed by atoms with Crippen molar-refractivity contribution in [2.75, 3.05) is 12.4 Å². The van der Waals surface area contributed by atoms with Crippen LogP contribution < -0.4 is 0 Å². The molecule has 106 valence electrons. The van der Waals surface area contributed by atoms with Gasteiger partial charge in [-0.25, -0.2) is 4.79 Å². The number of esters is 1. The number of rotatable bonds is 3. The summed E-state index contributed by atoms with van der Waals surface area (Å²) in [5, 5.41) is 18.5. The highest BCUT2D eigenvalue weighted by Crippen LogP contribution is 2.34. The van der Waals surface area contributed by atoms with Gasteiger partial charge in [0.25, 0.3) is 0 Å². The van der Waals surface area contributed by atoms with E-state index in [2.05, 4.69) is 0 Å². The number of carbonyl (C=O) groups excluding carboxylic acids is 1. The normalized spacial score (nSPS) is 30.5. The van der Waals surface area contributed by atoms with Crippen LogP contribution in [-0.4, -0.2) is 45.0 Å². The molecule has 0 aromatic carbocycles. The first kappa shape index (κ1) is 14.2. The minimum Gasteiger partial charge on any atom is -0.464 e. The second-order valence-electron chi connectivity index (χ2n) is 4.37. The third kappa shape index (κ3) is 2.58. The molecule has 1 aromatic heterocycles. The Balaban J connectivity index is 2.30. The Bertz CT molecular complexity index is 508. The molecule has 4 atom stereocenters. The van der Waals surface area contributed by atoms with Gasteiger partial charge in [0.2, 0.25) is 0 Å². The van der Waals surface area contributed by atoms with Crippen LogP contribution in [0.4, 0.5) is 0 Å². The van der Waals surface area contributed by atoms with Gasteiger partial charge in [0, 0.05) is 10.8 Å². The maximum absolute atomic E-state index is 11.8. The molecule has 19 heavy (non-hydrogen) atoms. The lowest BCUT2D eigenvalue weighted by Crippen LogP contribution is -2.24. The summed E-state index contributed by atoms with van der Waals surface area (Å²) >= 11 is 0. The topological polar surface area (TPSA) is 97.0 Å². The smallest absolute Gasteiger partial charge is 0.341 e. The van der Waals surface area contributed by atoms with E-state index in [0.717, 1.165) is 0 Å². The number of aryl methyl sites for hydroxylation is 1. The number of ether oxygens (including phenoxy) is 1. The predicted octanol–water partition coefficient (Wildman–Crippen LogP) is 0.290. The van der Waals surface area contributed by atoms with Gasteiger partial charge >= 0.3 is 5.97 Å². The first-order valence-corrected chi connectivity index (χ1v) is 7.34. The average molecular weight is 288 g/mol. The Hall–Kier alpha value is -1.18. The van der Waals surface area contributed by atoms with E-state index in [9.17, 15) is 19.2 Å². The molecule has 0 unspecified atom stereocenters. The van der Waals surface area contributed by atoms with E-state index >= 15 is 0 Å². The van der Waals surface area contributed by atoms with Gasteiger partial charge < -0.3 is 19.4 Å². The minimum absolute atomic E-state index is 0.000318. The molecule has 2 N–H and O–H groups in total. The van der Waals surface area contributed by atoms with Gasteiger partial charge in [0.05, 0.1) is 18.5 Å². The van der Waals surface area contributed by atoms with E-state index in [1.807, 2.05) is 0 Å². The first-order chi connectivity index (χ1) is 8.95. The van der Waals surface area contributed by atoms with E-state index in [4.69, 9.17) is 9.15 Å². The zero-order chi connectivity index (χ0) is 14.2. The molecular formula is C12H16O6S. The lowest BCUT2D eigenvalue weighted by atomic mass is 10.1. The largest absolute Gasteiger partial charge is 0.464 e. The maximum Gasteiger partial charge on any atom is 0.341 e. The highest BCUT2D eigenvalue weighted by atomic mass is 32.2. The number of aliphatic hydroxyl groups is 2. The van der Waals surface area contributed by atoms with Crippen molar-refractivity contribution in [3.63, 3.8) is 0 Å². The number of hydrogen-bond acceptors (Lipinski definition) is 6. The Morgan fingerprint density at radius 3 is 2.79 bits per heavy atom. The fourth-order valence-electron chi connectivity index (χ4n) is 2.08. The van der Waals surface area contributed by atoms with Gasteiger partial charge in [0.15, 0.2) is 0 Å². The van der Waals surface area contributed by atoms with E-state index in [1.165, 1.54) is 6.07 Å². The molecule has 1 fully saturated rings. The number of hydrogen-bond donors (Lipinski definition) is 2. The highest BCUT2D eigenvalue weighted by Gasteiger charge is 2.43. The van der Waals surface area contributed by atoms with Crippen molar-refractivity contribution in [3.05, 3.63) is 23.2 Å². The summed E-state index contributed by atoms with van der Waals surface area (Å²) in [7, 11) is -1.43.